The largest absolute Gasteiger partial charge is 0.493 e. The van der Waals surface area contributed by atoms with E-state index in [4.69, 9.17) is 19.7 Å². The van der Waals surface area contributed by atoms with Crippen molar-refractivity contribution in [3.63, 3.8) is 0 Å². The van der Waals surface area contributed by atoms with E-state index in [2.05, 4.69) is 15.5 Å². The fourth-order valence-electron chi connectivity index (χ4n) is 2.67. The van der Waals surface area contributed by atoms with E-state index in [9.17, 15) is 4.79 Å². The molecule has 152 valence electrons. The van der Waals surface area contributed by atoms with Gasteiger partial charge in [0.2, 0.25) is 5.82 Å². The van der Waals surface area contributed by atoms with E-state index in [0.29, 0.717) is 35.3 Å². The number of carbonyl (C=O) groups is 1. The lowest BCUT2D eigenvalue weighted by molar-refractivity contribution is -0.123. The first-order valence-electron chi connectivity index (χ1n) is 9.23. The molecular formula is C21H24N4O4. The number of carbonyl (C=O) groups excluding carboxylic acids is 1. The van der Waals surface area contributed by atoms with Gasteiger partial charge in [-0.05, 0) is 37.6 Å². The molecule has 29 heavy (non-hydrogen) atoms. The van der Waals surface area contributed by atoms with Crippen molar-refractivity contribution in [2.24, 2.45) is 5.73 Å². The van der Waals surface area contributed by atoms with E-state index in [1.165, 1.54) is 7.11 Å². The van der Waals surface area contributed by atoms with Gasteiger partial charge < -0.3 is 25.0 Å². The van der Waals surface area contributed by atoms with E-state index < -0.39 is 0 Å². The van der Waals surface area contributed by atoms with Crippen molar-refractivity contribution < 1.29 is 18.8 Å². The molecule has 0 fully saturated rings. The van der Waals surface area contributed by atoms with Crippen LogP contribution in [0.4, 0.5) is 0 Å². The van der Waals surface area contributed by atoms with Crippen LogP contribution in [0, 0.1) is 0 Å². The van der Waals surface area contributed by atoms with Crippen LogP contribution in [0.3, 0.4) is 0 Å². The van der Waals surface area contributed by atoms with Crippen molar-refractivity contribution in [2.45, 2.75) is 26.4 Å². The van der Waals surface area contributed by atoms with E-state index in [1.807, 2.05) is 38.1 Å². The molecule has 8 nitrogen and oxygen atoms in total. The van der Waals surface area contributed by atoms with Crippen LogP contribution in [0.2, 0.25) is 0 Å². The molecule has 3 aromatic rings. The summed E-state index contributed by atoms with van der Waals surface area (Å²) in [4.78, 5) is 16.2. The highest BCUT2D eigenvalue weighted by molar-refractivity contribution is 5.78. The third-order valence-electron chi connectivity index (χ3n) is 4.09. The van der Waals surface area contributed by atoms with Crippen LogP contribution in [0.25, 0.3) is 22.8 Å². The molecular weight excluding hydrogens is 372 g/mol. The number of rotatable bonds is 8. The zero-order chi connectivity index (χ0) is 20.8. The Labute approximate surface area is 169 Å². The lowest BCUT2D eigenvalue weighted by atomic mass is 10.1. The number of ether oxygens (including phenoxy) is 2. The minimum atomic E-state index is -0.201. The highest BCUT2D eigenvalue weighted by Gasteiger charge is 2.15. The average Bonchev–Trinajstić information content (AvgIpc) is 3.22. The molecule has 0 atom stereocenters. The lowest BCUT2D eigenvalue weighted by Crippen LogP contribution is -2.34. The van der Waals surface area contributed by atoms with Crippen molar-refractivity contribution in [3.8, 4) is 34.3 Å². The fraction of sp³-hybridized carbons (Fsp3) is 0.286. The summed E-state index contributed by atoms with van der Waals surface area (Å²) in [6.07, 6.45) is 0. The second-order valence-corrected chi connectivity index (χ2v) is 6.70. The molecule has 1 aromatic heterocycles. The monoisotopic (exact) mass is 396 g/mol. The maximum Gasteiger partial charge on any atom is 0.258 e. The summed E-state index contributed by atoms with van der Waals surface area (Å²) in [5, 5.41) is 6.81. The summed E-state index contributed by atoms with van der Waals surface area (Å²) in [5.41, 5.74) is 8.16. The molecule has 1 amide bonds. The van der Waals surface area contributed by atoms with Gasteiger partial charge in [0.1, 0.15) is 0 Å². The van der Waals surface area contributed by atoms with E-state index in [-0.39, 0.29) is 18.6 Å². The van der Waals surface area contributed by atoms with Crippen LogP contribution in [0.1, 0.15) is 19.4 Å². The van der Waals surface area contributed by atoms with E-state index >= 15 is 0 Å². The Morgan fingerprint density at radius 1 is 1.14 bits per heavy atom. The smallest absolute Gasteiger partial charge is 0.258 e. The Bertz CT molecular complexity index is 967. The molecule has 0 aliphatic heterocycles. The Morgan fingerprint density at radius 3 is 2.52 bits per heavy atom. The van der Waals surface area contributed by atoms with Gasteiger partial charge in [-0.2, -0.15) is 4.98 Å². The van der Waals surface area contributed by atoms with Crippen LogP contribution in [0.15, 0.2) is 47.0 Å². The van der Waals surface area contributed by atoms with Crippen molar-refractivity contribution in [1.82, 2.24) is 15.5 Å². The molecule has 0 aliphatic rings. The first-order chi connectivity index (χ1) is 14.0. The maximum atomic E-state index is 11.8. The van der Waals surface area contributed by atoms with E-state index in [1.54, 1.807) is 18.2 Å². The molecule has 0 spiro atoms. The normalized spacial score (nSPS) is 10.8. The van der Waals surface area contributed by atoms with Crippen molar-refractivity contribution in [1.29, 1.82) is 0 Å². The third-order valence-corrected chi connectivity index (χ3v) is 4.09. The zero-order valence-corrected chi connectivity index (χ0v) is 16.6. The Morgan fingerprint density at radius 2 is 1.86 bits per heavy atom. The van der Waals surface area contributed by atoms with Crippen LogP contribution in [-0.4, -0.2) is 35.8 Å². The van der Waals surface area contributed by atoms with Gasteiger partial charge in [-0.25, -0.2) is 0 Å². The number of nitrogens with zero attached hydrogens (tertiary/aromatic N) is 2. The summed E-state index contributed by atoms with van der Waals surface area (Å²) in [7, 11) is 1.53. The van der Waals surface area contributed by atoms with Crippen LogP contribution < -0.4 is 20.5 Å². The molecule has 2 aromatic carbocycles. The van der Waals surface area contributed by atoms with Gasteiger partial charge in [-0.1, -0.05) is 29.4 Å². The van der Waals surface area contributed by atoms with Gasteiger partial charge in [0, 0.05) is 23.7 Å². The van der Waals surface area contributed by atoms with Gasteiger partial charge in [0.25, 0.3) is 11.8 Å². The van der Waals surface area contributed by atoms with Gasteiger partial charge >= 0.3 is 0 Å². The summed E-state index contributed by atoms with van der Waals surface area (Å²) in [5.74, 6) is 1.55. The minimum Gasteiger partial charge on any atom is -0.493 e. The van der Waals surface area contributed by atoms with Crippen molar-refractivity contribution in [3.05, 3.63) is 48.0 Å². The standard InChI is InChI=1S/C21H24N4O4/c1-13(2)23-19(26)12-28-17-9-8-16(10-18(17)27-3)21-24-20(25-29-21)15-6-4-14(11-22)5-7-15/h4-10,13H,11-12,22H2,1-3H3,(H,23,26). The predicted molar refractivity (Wildman–Crippen MR) is 108 cm³/mol. The van der Waals surface area contributed by atoms with Crippen LogP contribution in [0.5, 0.6) is 11.5 Å². The van der Waals surface area contributed by atoms with E-state index in [0.717, 1.165) is 11.1 Å². The number of nitrogens with two attached hydrogens (primary N) is 1. The van der Waals surface area contributed by atoms with Crippen LogP contribution >= 0.6 is 0 Å². The topological polar surface area (TPSA) is 112 Å². The fourth-order valence-corrected chi connectivity index (χ4v) is 2.67. The Balaban J connectivity index is 1.76. The molecule has 0 aliphatic carbocycles. The van der Waals surface area contributed by atoms with Gasteiger partial charge in [0.15, 0.2) is 18.1 Å². The highest BCUT2D eigenvalue weighted by Crippen LogP contribution is 2.32. The molecule has 0 unspecified atom stereocenters. The highest BCUT2D eigenvalue weighted by atomic mass is 16.5. The summed E-state index contributed by atoms with van der Waals surface area (Å²) < 4.78 is 16.3. The van der Waals surface area contributed by atoms with Crippen molar-refractivity contribution in [2.75, 3.05) is 13.7 Å². The Hall–Kier alpha value is -3.39. The first kappa shape index (κ1) is 20.3. The molecule has 0 saturated carbocycles. The summed E-state index contributed by atoms with van der Waals surface area (Å²) in [6, 6.07) is 12.9. The molecule has 0 radical (unpaired) electrons. The summed E-state index contributed by atoms with van der Waals surface area (Å²) in [6.45, 7) is 4.15. The third kappa shape index (κ3) is 5.11. The number of hydrogen-bond acceptors (Lipinski definition) is 7. The quantitative estimate of drug-likeness (QED) is 0.602. The van der Waals surface area contributed by atoms with Crippen LogP contribution in [-0.2, 0) is 11.3 Å². The predicted octanol–water partition coefficient (Wildman–Crippen LogP) is 2.77. The molecule has 0 bridgehead atoms. The molecule has 8 heteroatoms. The second kappa shape index (κ2) is 9.20. The molecule has 0 saturated heterocycles. The number of nitrogens with one attached hydrogen (secondary N) is 1. The second-order valence-electron chi connectivity index (χ2n) is 6.70. The minimum absolute atomic E-state index is 0.0496. The van der Waals surface area contributed by atoms with Gasteiger partial charge in [0.05, 0.1) is 7.11 Å². The number of benzene rings is 2. The number of hydrogen-bond donors (Lipinski definition) is 2. The molecule has 1 heterocycles. The maximum absolute atomic E-state index is 11.8. The first-order valence-corrected chi connectivity index (χ1v) is 9.23. The number of amides is 1. The summed E-state index contributed by atoms with van der Waals surface area (Å²) >= 11 is 0. The van der Waals surface area contributed by atoms with Gasteiger partial charge in [-0.3, -0.25) is 4.79 Å². The average molecular weight is 396 g/mol. The Kier molecular flexibility index (Phi) is 6.46. The molecule has 3 N–H and O–H groups in total. The number of aromatic nitrogens is 2. The van der Waals surface area contributed by atoms with Crippen molar-refractivity contribution >= 4 is 5.91 Å². The molecule has 3 rings (SSSR count). The number of methoxy groups -OCH3 is 1. The van der Waals surface area contributed by atoms with Gasteiger partial charge in [-0.15, -0.1) is 0 Å². The SMILES string of the molecule is COc1cc(-c2nc(-c3ccc(CN)cc3)no2)ccc1OCC(=O)NC(C)C. The lowest BCUT2D eigenvalue weighted by Gasteiger charge is -2.12. The zero-order valence-electron chi connectivity index (χ0n) is 16.6.